The van der Waals surface area contributed by atoms with Crippen molar-refractivity contribution in [3.05, 3.63) is 0 Å². The van der Waals surface area contributed by atoms with Crippen LogP contribution in [0.4, 0.5) is 0 Å². The van der Waals surface area contributed by atoms with Crippen LogP contribution in [0.1, 0.15) is 40.5 Å². The molecule has 1 heterocycles. The molecule has 0 bridgehead atoms. The molecule has 0 aromatic rings. The summed E-state index contributed by atoms with van der Waals surface area (Å²) < 4.78 is 13.4. The second-order valence-corrected chi connectivity index (χ2v) is 8.34. The van der Waals surface area contributed by atoms with Gasteiger partial charge in [-0.15, -0.1) is 0 Å². The Morgan fingerprint density at radius 2 is 2.05 bits per heavy atom. The van der Waals surface area contributed by atoms with Crippen LogP contribution in [0.2, 0.25) is 0 Å². The molecule has 1 fully saturated rings. The van der Waals surface area contributed by atoms with E-state index >= 15 is 0 Å². The van der Waals surface area contributed by atoms with Crippen LogP contribution in [0.25, 0.3) is 0 Å². The number of nitriles is 1. The van der Waals surface area contributed by atoms with Crippen LogP contribution in [0, 0.1) is 11.3 Å². The maximum atomic E-state index is 11.0. The first-order valence-corrected chi connectivity index (χ1v) is 9.05. The Hall–Kier alpha value is -0.240. The molecule has 1 saturated heterocycles. The minimum atomic E-state index is -3.06. The Bertz CT molecular complexity index is 306. The van der Waals surface area contributed by atoms with Gasteiger partial charge in [-0.05, 0) is 0 Å². The SMILES string of the molecule is CC(C)N(C(C)C)[PH](O)(CCC#N)OC1CCOC1. The van der Waals surface area contributed by atoms with Crippen LogP contribution in [-0.4, -0.2) is 47.1 Å². The number of hydrogen-bond donors (Lipinski definition) is 1. The molecule has 0 amide bonds. The van der Waals surface area contributed by atoms with Gasteiger partial charge >= 0.3 is 116 Å². The van der Waals surface area contributed by atoms with Gasteiger partial charge in [0.05, 0.1) is 0 Å². The summed E-state index contributed by atoms with van der Waals surface area (Å²) in [6, 6.07) is 2.50. The molecule has 112 valence electrons. The molecule has 0 radical (unpaired) electrons. The first kappa shape index (κ1) is 16.8. The van der Waals surface area contributed by atoms with Gasteiger partial charge in [0.2, 0.25) is 0 Å². The third kappa shape index (κ3) is 4.66. The van der Waals surface area contributed by atoms with Crippen LogP contribution in [-0.2, 0) is 9.26 Å². The fraction of sp³-hybridized carbons (Fsp3) is 0.923. The summed E-state index contributed by atoms with van der Waals surface area (Å²) in [4.78, 5) is 11.0. The molecule has 0 aromatic heterocycles. The molecular formula is C13H27N2O3P. The summed E-state index contributed by atoms with van der Waals surface area (Å²) in [5.74, 6) is 0. The molecule has 1 aliphatic heterocycles. The van der Waals surface area contributed by atoms with Gasteiger partial charge < -0.3 is 0 Å². The summed E-state index contributed by atoms with van der Waals surface area (Å²) in [7, 11) is -3.06. The van der Waals surface area contributed by atoms with Crippen LogP contribution < -0.4 is 0 Å². The molecular weight excluding hydrogens is 263 g/mol. The monoisotopic (exact) mass is 290 g/mol. The van der Waals surface area contributed by atoms with Gasteiger partial charge in [0.1, 0.15) is 0 Å². The van der Waals surface area contributed by atoms with E-state index in [1.54, 1.807) is 0 Å². The fourth-order valence-electron chi connectivity index (χ4n) is 2.74. The molecule has 0 saturated carbocycles. The van der Waals surface area contributed by atoms with E-state index in [1.165, 1.54) is 0 Å². The summed E-state index contributed by atoms with van der Waals surface area (Å²) in [5, 5.41) is 8.81. The first-order chi connectivity index (χ1) is 8.90. The van der Waals surface area contributed by atoms with Crippen LogP contribution >= 0.6 is 7.87 Å². The second-order valence-electron chi connectivity index (χ2n) is 5.60. The van der Waals surface area contributed by atoms with Crippen molar-refractivity contribution < 1.29 is 14.2 Å². The van der Waals surface area contributed by atoms with E-state index in [9.17, 15) is 4.89 Å². The van der Waals surface area contributed by atoms with Crippen molar-refractivity contribution in [2.75, 3.05) is 19.4 Å². The van der Waals surface area contributed by atoms with Gasteiger partial charge in [-0.2, -0.15) is 0 Å². The minimum absolute atomic E-state index is 0.0321. The van der Waals surface area contributed by atoms with E-state index < -0.39 is 7.87 Å². The van der Waals surface area contributed by atoms with Gasteiger partial charge in [-0.25, -0.2) is 0 Å². The van der Waals surface area contributed by atoms with Gasteiger partial charge in [0.15, 0.2) is 0 Å². The van der Waals surface area contributed by atoms with Crippen molar-refractivity contribution in [2.45, 2.75) is 58.7 Å². The molecule has 0 aromatic carbocycles. The van der Waals surface area contributed by atoms with Crippen molar-refractivity contribution in [3.63, 3.8) is 0 Å². The molecule has 1 aliphatic rings. The third-order valence-corrected chi connectivity index (χ3v) is 6.77. The van der Waals surface area contributed by atoms with Gasteiger partial charge in [-0.3, -0.25) is 0 Å². The molecule has 1 rings (SSSR count). The molecule has 1 atom stereocenters. The molecule has 5 nitrogen and oxygen atoms in total. The Morgan fingerprint density at radius 1 is 1.42 bits per heavy atom. The zero-order chi connectivity index (χ0) is 14.5. The topological polar surface area (TPSA) is 65.7 Å². The van der Waals surface area contributed by atoms with E-state index in [0.29, 0.717) is 25.8 Å². The quantitative estimate of drug-likeness (QED) is 0.729. The van der Waals surface area contributed by atoms with Crippen molar-refractivity contribution in [1.82, 2.24) is 4.67 Å². The van der Waals surface area contributed by atoms with E-state index in [1.807, 2.05) is 0 Å². The molecule has 19 heavy (non-hydrogen) atoms. The fourth-order valence-corrected chi connectivity index (χ4v) is 6.01. The molecule has 1 unspecified atom stereocenters. The average Bonchev–Trinajstić information content (AvgIpc) is 2.77. The number of rotatable bonds is 7. The van der Waals surface area contributed by atoms with Crippen molar-refractivity contribution in [1.29, 1.82) is 5.26 Å². The van der Waals surface area contributed by atoms with Gasteiger partial charge in [0.25, 0.3) is 0 Å². The standard InChI is InChI=1S/C13H27N2O3P/c1-11(2)15(12(3)4)19(16,9-5-7-14)18-13-6-8-17-10-13/h11-13,16,19H,5-6,8-10H2,1-4H3. The normalized spacial score (nSPS) is 21.3. The Morgan fingerprint density at radius 3 is 2.47 bits per heavy atom. The second kappa shape index (κ2) is 7.52. The predicted molar refractivity (Wildman–Crippen MR) is 78.1 cm³/mol. The summed E-state index contributed by atoms with van der Waals surface area (Å²) >= 11 is 0. The van der Waals surface area contributed by atoms with Crippen molar-refractivity contribution in [3.8, 4) is 6.07 Å². The molecule has 0 spiro atoms. The number of ether oxygens (including phenoxy) is 1. The van der Waals surface area contributed by atoms with Crippen LogP contribution in [0.15, 0.2) is 0 Å². The number of nitrogens with zero attached hydrogens (tertiary/aromatic N) is 2. The van der Waals surface area contributed by atoms with E-state index in [2.05, 4.69) is 38.4 Å². The average molecular weight is 290 g/mol. The summed E-state index contributed by atoms with van der Waals surface area (Å²) in [6.07, 6.45) is 1.55. The Balaban J connectivity index is 2.85. The van der Waals surface area contributed by atoms with Crippen LogP contribution in [0.3, 0.4) is 0 Å². The Kier molecular flexibility index (Phi) is 6.65. The molecule has 6 heteroatoms. The van der Waals surface area contributed by atoms with Gasteiger partial charge in [0, 0.05) is 0 Å². The maximum absolute atomic E-state index is 11.0. The molecule has 1 N–H and O–H groups in total. The summed E-state index contributed by atoms with van der Waals surface area (Å²) in [6.45, 7) is 9.46. The van der Waals surface area contributed by atoms with E-state index in [0.717, 1.165) is 6.42 Å². The number of hydrogen-bond acceptors (Lipinski definition) is 5. The van der Waals surface area contributed by atoms with E-state index in [4.69, 9.17) is 14.5 Å². The van der Waals surface area contributed by atoms with Crippen LogP contribution in [0.5, 0.6) is 0 Å². The third-order valence-electron chi connectivity index (χ3n) is 3.32. The molecule has 0 aliphatic carbocycles. The summed E-state index contributed by atoms with van der Waals surface area (Å²) in [5.41, 5.74) is 0. The first-order valence-electron chi connectivity index (χ1n) is 7.04. The predicted octanol–water partition coefficient (Wildman–Crippen LogP) is 2.31. The zero-order valence-corrected chi connectivity index (χ0v) is 13.4. The van der Waals surface area contributed by atoms with E-state index in [-0.39, 0.29) is 18.2 Å². The van der Waals surface area contributed by atoms with Gasteiger partial charge in [-0.1, -0.05) is 0 Å². The van der Waals surface area contributed by atoms with Crippen molar-refractivity contribution in [2.24, 2.45) is 0 Å². The van der Waals surface area contributed by atoms with Crippen molar-refractivity contribution >= 4 is 7.87 Å². The zero-order valence-electron chi connectivity index (χ0n) is 12.4. The Labute approximate surface area is 117 Å².